The zero-order chi connectivity index (χ0) is 31.6. The highest BCUT2D eigenvalue weighted by molar-refractivity contribution is 7.56. The summed E-state index contributed by atoms with van der Waals surface area (Å²) in [4.78, 5) is 2.74. The van der Waals surface area contributed by atoms with Crippen LogP contribution in [-0.2, 0) is 25.4 Å². The third-order valence-corrected chi connectivity index (χ3v) is 13.3. The molecule has 1 nitrogen and oxygen atoms in total. The van der Waals surface area contributed by atoms with Crippen LogP contribution in [0.2, 0.25) is 0 Å². The van der Waals surface area contributed by atoms with Gasteiger partial charge in [-0.15, -0.1) is 0 Å². The van der Waals surface area contributed by atoms with Gasteiger partial charge in [-0.1, -0.05) is 154 Å². The highest BCUT2D eigenvalue weighted by atomic mass is 31.1. The van der Waals surface area contributed by atoms with Crippen LogP contribution in [0.5, 0.6) is 0 Å². The van der Waals surface area contributed by atoms with Gasteiger partial charge in [0, 0.05) is 28.0 Å². The Labute approximate surface area is 291 Å². The van der Waals surface area contributed by atoms with Crippen LogP contribution in [0.1, 0.15) is 22.3 Å². The van der Waals surface area contributed by atoms with Crippen LogP contribution in [0, 0.1) is 0 Å². The van der Waals surface area contributed by atoms with E-state index < -0.39 is 0 Å². The van der Waals surface area contributed by atoms with Gasteiger partial charge in [0.1, 0.15) is 0 Å². The first-order chi connectivity index (χ1) is 23.8. The summed E-state index contributed by atoms with van der Waals surface area (Å²) in [6.07, 6.45) is 3.59. The normalized spacial score (nSPS) is 14.4. The third-order valence-electron chi connectivity index (χ3n) is 10.9. The predicted octanol–water partition coefficient (Wildman–Crippen LogP) is 11.8. The first-order valence-corrected chi connectivity index (χ1v) is 19.2. The predicted molar refractivity (Wildman–Crippen MR) is 213 cm³/mol. The van der Waals surface area contributed by atoms with E-state index in [1.54, 1.807) is 0 Å². The Morgan fingerprint density at radius 3 is 1.10 bits per heavy atom. The maximum atomic E-state index is 2.74. The summed E-state index contributed by atoms with van der Waals surface area (Å²) < 4.78 is 0. The molecule has 8 aromatic rings. The standard InChI is InChI=1S/C46H36NP.B/c1-5-13-39-31(9-1)17-21-35-27-47(28-36-22-18-32-10-2-6-14-40(32)44(36)43(35)39)25-26-48-29-37-23-19-33-11-3-7-15-41(33)45(37)46-38(30-48)24-20-34-12-4-8-16-42(34)46;/h1-24H,25-30H2;. The number of nitrogens with zero attached hydrogens (tertiary/aromatic N) is 1. The van der Waals surface area contributed by atoms with Gasteiger partial charge in [-0.2, -0.15) is 0 Å². The second-order valence-corrected chi connectivity index (χ2v) is 16.1. The summed E-state index contributed by atoms with van der Waals surface area (Å²) in [6.45, 7) is 3.07. The molecule has 0 unspecified atom stereocenters. The van der Waals surface area contributed by atoms with Crippen molar-refractivity contribution < 1.29 is 0 Å². The third kappa shape index (κ3) is 5.09. The molecule has 2 heterocycles. The van der Waals surface area contributed by atoms with E-state index in [1.807, 2.05) is 0 Å². The first-order valence-electron chi connectivity index (χ1n) is 17.3. The van der Waals surface area contributed by atoms with E-state index >= 15 is 0 Å². The summed E-state index contributed by atoms with van der Waals surface area (Å²) in [5, 5.41) is 10.8. The van der Waals surface area contributed by atoms with Crippen LogP contribution < -0.4 is 0 Å². The van der Waals surface area contributed by atoms with Crippen LogP contribution >= 0.6 is 7.92 Å². The van der Waals surface area contributed by atoms with Crippen molar-refractivity contribution in [2.45, 2.75) is 25.4 Å². The summed E-state index contributed by atoms with van der Waals surface area (Å²) in [6, 6.07) is 55.0. The second-order valence-electron chi connectivity index (χ2n) is 13.7. The van der Waals surface area contributed by atoms with Gasteiger partial charge in [0.2, 0.25) is 0 Å². The van der Waals surface area contributed by atoms with Crippen molar-refractivity contribution >= 4 is 59.4 Å². The smallest absolute Gasteiger partial charge is 0.0243 e. The van der Waals surface area contributed by atoms with Gasteiger partial charge < -0.3 is 0 Å². The summed E-state index contributed by atoms with van der Waals surface area (Å²) in [5.74, 6) is 0. The van der Waals surface area contributed by atoms with E-state index in [4.69, 9.17) is 0 Å². The molecule has 0 spiro atoms. The maximum absolute atomic E-state index is 2.74. The molecule has 2 aliphatic rings. The molecule has 0 fully saturated rings. The molecule has 0 amide bonds. The van der Waals surface area contributed by atoms with E-state index in [0.29, 0.717) is 0 Å². The van der Waals surface area contributed by atoms with E-state index in [-0.39, 0.29) is 16.3 Å². The lowest BCUT2D eigenvalue weighted by atomic mass is 9.88. The van der Waals surface area contributed by atoms with Gasteiger partial charge in [0.25, 0.3) is 0 Å². The Bertz CT molecular complexity index is 2200. The lowest BCUT2D eigenvalue weighted by Gasteiger charge is -2.25. The number of rotatable bonds is 3. The maximum Gasteiger partial charge on any atom is 0.0243 e. The molecular weight excluding hydrogens is 608 g/mol. The summed E-state index contributed by atoms with van der Waals surface area (Å²) in [5.41, 5.74) is 11.8. The molecule has 0 bridgehead atoms. The van der Waals surface area contributed by atoms with E-state index in [2.05, 4.69) is 150 Å². The molecule has 49 heavy (non-hydrogen) atoms. The summed E-state index contributed by atoms with van der Waals surface area (Å²) >= 11 is 0. The van der Waals surface area contributed by atoms with Crippen molar-refractivity contribution in [2.24, 2.45) is 0 Å². The van der Waals surface area contributed by atoms with Crippen molar-refractivity contribution in [3.05, 3.63) is 168 Å². The summed E-state index contributed by atoms with van der Waals surface area (Å²) in [7, 11) is -0.249. The lowest BCUT2D eigenvalue weighted by molar-refractivity contribution is 0.276. The largest absolute Gasteiger partial charge is 0.294 e. The number of hydrogen-bond donors (Lipinski definition) is 0. The molecule has 2 aliphatic heterocycles. The van der Waals surface area contributed by atoms with Crippen LogP contribution in [0.25, 0.3) is 65.3 Å². The molecule has 8 aromatic carbocycles. The molecule has 0 aromatic heterocycles. The van der Waals surface area contributed by atoms with Gasteiger partial charge in [-0.25, -0.2) is 0 Å². The molecule has 0 atom stereocenters. The van der Waals surface area contributed by atoms with Crippen molar-refractivity contribution in [3.63, 3.8) is 0 Å². The van der Waals surface area contributed by atoms with E-state index in [9.17, 15) is 0 Å². The lowest BCUT2D eigenvalue weighted by Crippen LogP contribution is -2.25. The zero-order valence-electron chi connectivity index (χ0n) is 27.6. The molecule has 3 radical (unpaired) electrons. The van der Waals surface area contributed by atoms with Gasteiger partial charge >= 0.3 is 0 Å². The topological polar surface area (TPSA) is 3.24 Å². The van der Waals surface area contributed by atoms with Gasteiger partial charge in [0.15, 0.2) is 0 Å². The minimum atomic E-state index is -0.249. The molecule has 233 valence electrons. The average Bonchev–Trinajstić information content (AvgIpc) is 3.42. The Kier molecular flexibility index (Phi) is 7.61. The molecular formula is C46H36BNP. The number of hydrogen-bond acceptors (Lipinski definition) is 1. The number of fused-ring (bicyclic) bond motifs is 14. The van der Waals surface area contributed by atoms with E-state index in [0.717, 1.165) is 19.6 Å². The number of benzene rings is 8. The molecule has 0 saturated heterocycles. The van der Waals surface area contributed by atoms with Crippen LogP contribution in [0.3, 0.4) is 0 Å². The van der Waals surface area contributed by atoms with E-state index in [1.165, 1.54) is 106 Å². The highest BCUT2D eigenvalue weighted by Crippen LogP contribution is 2.53. The molecule has 0 N–H and O–H groups in total. The Balaban J connectivity index is 0.00000325. The second kappa shape index (κ2) is 12.3. The van der Waals surface area contributed by atoms with Crippen molar-refractivity contribution in [1.29, 1.82) is 0 Å². The molecule has 3 heteroatoms. The van der Waals surface area contributed by atoms with Crippen molar-refractivity contribution in [1.82, 2.24) is 4.90 Å². The minimum absolute atomic E-state index is 0. The van der Waals surface area contributed by atoms with Gasteiger partial charge in [0.05, 0.1) is 0 Å². The Morgan fingerprint density at radius 1 is 0.388 bits per heavy atom. The fourth-order valence-corrected chi connectivity index (χ4v) is 11.1. The van der Waals surface area contributed by atoms with Crippen LogP contribution in [0.15, 0.2) is 146 Å². The fraction of sp³-hybridized carbons (Fsp3) is 0.130. The van der Waals surface area contributed by atoms with Gasteiger partial charge in [-0.3, -0.25) is 4.90 Å². The highest BCUT2D eigenvalue weighted by Gasteiger charge is 2.27. The Hall–Kier alpha value is -4.75. The minimum Gasteiger partial charge on any atom is -0.294 e. The van der Waals surface area contributed by atoms with Gasteiger partial charge in [-0.05, 0) is 106 Å². The average molecular weight is 645 g/mol. The first kappa shape index (κ1) is 30.3. The van der Waals surface area contributed by atoms with Crippen molar-refractivity contribution in [3.8, 4) is 22.3 Å². The quantitative estimate of drug-likeness (QED) is 0.137. The fourth-order valence-electron chi connectivity index (χ4n) is 8.65. The molecule has 0 aliphatic carbocycles. The Morgan fingerprint density at radius 2 is 0.714 bits per heavy atom. The molecule has 10 rings (SSSR count). The van der Waals surface area contributed by atoms with Crippen LogP contribution in [0.4, 0.5) is 0 Å². The molecule has 0 saturated carbocycles. The monoisotopic (exact) mass is 644 g/mol. The van der Waals surface area contributed by atoms with Crippen LogP contribution in [-0.4, -0.2) is 26.0 Å². The van der Waals surface area contributed by atoms with Crippen molar-refractivity contribution in [2.75, 3.05) is 12.7 Å². The SMILES string of the molecule is [B].c1ccc2c3c(ccc2c1)CN(CCP1Cc2ccc4ccccc4c2-c2c(ccc4ccccc24)C1)Cc1ccc2ccccc2c1-3. The zero-order valence-corrected chi connectivity index (χ0v) is 28.5.